The molecule has 1 saturated heterocycles. The summed E-state index contributed by atoms with van der Waals surface area (Å²) < 4.78 is 1.55. The second-order valence-electron chi connectivity index (χ2n) is 5.91. The fourth-order valence-corrected chi connectivity index (χ4v) is 2.91. The molecule has 1 N–H and O–H groups in total. The number of amides is 1. The Labute approximate surface area is 140 Å². The van der Waals surface area contributed by atoms with Crippen LogP contribution in [0.1, 0.15) is 12.7 Å². The van der Waals surface area contributed by atoms with Gasteiger partial charge in [-0.05, 0) is 18.1 Å². The van der Waals surface area contributed by atoms with E-state index in [4.69, 9.17) is 5.26 Å². The van der Waals surface area contributed by atoms with Crippen LogP contribution in [0, 0.1) is 23.2 Å². The Hall–Kier alpha value is -2.95. The van der Waals surface area contributed by atoms with Crippen molar-refractivity contribution in [1.82, 2.24) is 25.1 Å². The molecule has 2 aromatic rings. The van der Waals surface area contributed by atoms with Crippen LogP contribution in [0.3, 0.4) is 0 Å². The first-order chi connectivity index (χ1) is 11.7. The van der Waals surface area contributed by atoms with Gasteiger partial charge in [-0.15, -0.1) is 5.10 Å². The number of pyridine rings is 1. The third kappa shape index (κ3) is 3.51. The first kappa shape index (κ1) is 15.9. The van der Waals surface area contributed by atoms with Crippen molar-refractivity contribution in [2.45, 2.75) is 13.5 Å². The molecule has 8 nitrogen and oxygen atoms in total. The summed E-state index contributed by atoms with van der Waals surface area (Å²) in [4.78, 5) is 22.8. The smallest absolute Gasteiger partial charge is 0.252 e. The van der Waals surface area contributed by atoms with Crippen LogP contribution < -0.4 is 10.2 Å². The summed E-state index contributed by atoms with van der Waals surface area (Å²) in [6.07, 6.45) is 3.26. The normalized spacial score (nSPS) is 19.9. The molecule has 1 aliphatic heterocycles. The molecule has 2 atom stereocenters. The van der Waals surface area contributed by atoms with Crippen LogP contribution in [-0.2, 0) is 11.3 Å². The van der Waals surface area contributed by atoms with Gasteiger partial charge in [-0.2, -0.15) is 5.26 Å². The molecule has 1 fully saturated rings. The van der Waals surface area contributed by atoms with Crippen LogP contribution in [0.2, 0.25) is 0 Å². The van der Waals surface area contributed by atoms with E-state index in [1.165, 1.54) is 6.33 Å². The van der Waals surface area contributed by atoms with Gasteiger partial charge in [0.2, 0.25) is 5.91 Å². The van der Waals surface area contributed by atoms with Gasteiger partial charge < -0.3 is 10.2 Å². The van der Waals surface area contributed by atoms with Crippen LogP contribution in [0.15, 0.2) is 30.7 Å². The quantitative estimate of drug-likeness (QED) is 0.856. The third-order valence-electron chi connectivity index (χ3n) is 4.20. The fraction of sp³-hybridized carbons (Fsp3) is 0.438. The van der Waals surface area contributed by atoms with Gasteiger partial charge in [-0.3, -0.25) is 4.79 Å². The van der Waals surface area contributed by atoms with Crippen molar-refractivity contribution < 1.29 is 4.79 Å². The molecule has 0 unspecified atom stereocenters. The molecule has 3 heterocycles. The molecule has 0 radical (unpaired) electrons. The number of hydrogen-bond acceptors (Lipinski definition) is 6. The zero-order valence-electron chi connectivity index (χ0n) is 13.5. The molecule has 0 bridgehead atoms. The van der Waals surface area contributed by atoms with Crippen LogP contribution in [0.25, 0.3) is 0 Å². The van der Waals surface area contributed by atoms with E-state index in [0.29, 0.717) is 19.6 Å². The molecule has 8 heteroatoms. The number of carbonyl (C=O) groups is 1. The molecule has 1 amide bonds. The number of nitrogens with one attached hydrogen (secondary N) is 1. The predicted octanol–water partition coefficient (Wildman–Crippen LogP) is 0.433. The summed E-state index contributed by atoms with van der Waals surface area (Å²) in [7, 11) is 0. The van der Waals surface area contributed by atoms with Crippen molar-refractivity contribution in [2.24, 2.45) is 11.8 Å². The number of rotatable bonds is 5. The van der Waals surface area contributed by atoms with Gasteiger partial charge in [0.05, 0.1) is 12.5 Å². The van der Waals surface area contributed by atoms with Crippen molar-refractivity contribution >= 4 is 11.7 Å². The third-order valence-corrected chi connectivity index (χ3v) is 4.20. The van der Waals surface area contributed by atoms with E-state index < -0.39 is 0 Å². The van der Waals surface area contributed by atoms with E-state index in [0.717, 1.165) is 12.4 Å². The first-order valence-electron chi connectivity index (χ1n) is 7.90. The molecule has 0 aromatic carbocycles. The lowest BCUT2D eigenvalue weighted by Gasteiger charge is -2.17. The SMILES string of the molecule is C[C@@H]1CN(c2ccccn2)C[C@H]1C(=O)NCCn1cnc(C#N)n1. The van der Waals surface area contributed by atoms with Gasteiger partial charge >= 0.3 is 0 Å². The number of anilines is 1. The Morgan fingerprint density at radius 3 is 3.00 bits per heavy atom. The van der Waals surface area contributed by atoms with Crippen LogP contribution in [0.5, 0.6) is 0 Å². The van der Waals surface area contributed by atoms with Crippen LogP contribution in [0.4, 0.5) is 5.82 Å². The highest BCUT2D eigenvalue weighted by molar-refractivity contribution is 5.80. The second kappa shape index (κ2) is 7.08. The minimum absolute atomic E-state index is 0.0431. The topological polar surface area (TPSA) is 99.7 Å². The fourth-order valence-electron chi connectivity index (χ4n) is 2.91. The lowest BCUT2D eigenvalue weighted by Crippen LogP contribution is -2.36. The molecular formula is C16H19N7O. The Bertz CT molecular complexity index is 736. The van der Waals surface area contributed by atoms with Gasteiger partial charge in [-0.25, -0.2) is 14.6 Å². The molecule has 0 aliphatic carbocycles. The highest BCUT2D eigenvalue weighted by Crippen LogP contribution is 2.26. The second-order valence-corrected chi connectivity index (χ2v) is 5.91. The summed E-state index contributed by atoms with van der Waals surface area (Å²) in [5.41, 5.74) is 0. The monoisotopic (exact) mass is 325 g/mol. The molecule has 1 aliphatic rings. The summed E-state index contributed by atoms with van der Waals surface area (Å²) in [6, 6.07) is 7.67. The zero-order valence-corrected chi connectivity index (χ0v) is 13.5. The molecule has 0 saturated carbocycles. The van der Waals surface area contributed by atoms with Crippen molar-refractivity contribution in [1.29, 1.82) is 5.26 Å². The van der Waals surface area contributed by atoms with E-state index in [2.05, 4.69) is 32.2 Å². The Balaban J connectivity index is 1.51. The highest BCUT2D eigenvalue weighted by Gasteiger charge is 2.35. The van der Waals surface area contributed by atoms with E-state index in [1.807, 2.05) is 24.3 Å². The summed E-state index contributed by atoms with van der Waals surface area (Å²) in [6.45, 7) is 4.53. The molecule has 124 valence electrons. The van der Waals surface area contributed by atoms with Crippen molar-refractivity contribution in [2.75, 3.05) is 24.5 Å². The molecule has 0 spiro atoms. The molecule has 24 heavy (non-hydrogen) atoms. The van der Waals surface area contributed by atoms with Crippen LogP contribution >= 0.6 is 0 Å². The van der Waals surface area contributed by atoms with Crippen LogP contribution in [-0.4, -0.2) is 45.3 Å². The zero-order chi connectivity index (χ0) is 16.9. The first-order valence-corrected chi connectivity index (χ1v) is 7.90. The molecule has 2 aromatic heterocycles. The number of nitriles is 1. The highest BCUT2D eigenvalue weighted by atomic mass is 16.2. The maximum atomic E-state index is 12.4. The van der Waals surface area contributed by atoms with Gasteiger partial charge in [0.25, 0.3) is 5.82 Å². The van der Waals surface area contributed by atoms with E-state index in [1.54, 1.807) is 10.9 Å². The standard InChI is InChI=1S/C16H19N7O/c1-12-9-22(15-4-2-3-5-18-15)10-13(12)16(24)19-6-7-23-11-20-14(8-17)21-23/h2-5,11-13H,6-7,9-10H2,1H3,(H,19,24)/t12-,13-/m1/s1. The Kier molecular flexibility index (Phi) is 4.70. The number of aromatic nitrogens is 4. The maximum absolute atomic E-state index is 12.4. The van der Waals surface area contributed by atoms with Crippen molar-refractivity contribution in [3.63, 3.8) is 0 Å². The Morgan fingerprint density at radius 1 is 1.42 bits per heavy atom. The summed E-state index contributed by atoms with van der Waals surface area (Å²) in [5.74, 6) is 1.30. The average Bonchev–Trinajstić information content (AvgIpc) is 3.22. The van der Waals surface area contributed by atoms with Crippen molar-refractivity contribution in [3.05, 3.63) is 36.5 Å². The van der Waals surface area contributed by atoms with Gasteiger partial charge in [0.1, 0.15) is 18.2 Å². The summed E-state index contributed by atoms with van der Waals surface area (Å²) in [5, 5.41) is 15.6. The largest absolute Gasteiger partial charge is 0.356 e. The number of hydrogen-bond donors (Lipinski definition) is 1. The van der Waals surface area contributed by atoms with Gasteiger partial charge in [-0.1, -0.05) is 13.0 Å². The Morgan fingerprint density at radius 2 is 2.29 bits per heavy atom. The van der Waals surface area contributed by atoms with Gasteiger partial charge in [0, 0.05) is 25.8 Å². The minimum Gasteiger partial charge on any atom is -0.356 e. The number of nitrogens with zero attached hydrogens (tertiary/aromatic N) is 6. The molecular weight excluding hydrogens is 306 g/mol. The lowest BCUT2D eigenvalue weighted by molar-refractivity contribution is -0.125. The number of carbonyl (C=O) groups excluding carboxylic acids is 1. The van der Waals surface area contributed by atoms with E-state index in [9.17, 15) is 4.79 Å². The van der Waals surface area contributed by atoms with Crippen molar-refractivity contribution in [3.8, 4) is 6.07 Å². The molecule has 3 rings (SSSR count). The minimum atomic E-state index is -0.0579. The van der Waals surface area contributed by atoms with E-state index >= 15 is 0 Å². The van der Waals surface area contributed by atoms with Gasteiger partial charge in [0.15, 0.2) is 0 Å². The van der Waals surface area contributed by atoms with E-state index in [-0.39, 0.29) is 23.6 Å². The summed E-state index contributed by atoms with van der Waals surface area (Å²) >= 11 is 0. The lowest BCUT2D eigenvalue weighted by atomic mass is 9.97. The average molecular weight is 325 g/mol. The maximum Gasteiger partial charge on any atom is 0.252 e. The predicted molar refractivity (Wildman–Crippen MR) is 86.9 cm³/mol.